The second-order valence-corrected chi connectivity index (χ2v) is 13.7. The fourth-order valence-corrected chi connectivity index (χ4v) is 6.05. The molecule has 3 heterocycles. The third-order valence-corrected chi connectivity index (χ3v) is 8.95. The zero-order chi connectivity index (χ0) is 37.7. The molecule has 1 aromatic heterocycles. The number of morpholine rings is 1. The van der Waals surface area contributed by atoms with Crippen molar-refractivity contribution in [3.05, 3.63) is 83.2 Å². The molecule has 2 aliphatic heterocycles. The maximum absolute atomic E-state index is 13.7. The summed E-state index contributed by atoms with van der Waals surface area (Å²) in [6.07, 6.45) is 0.559. The molecule has 0 saturated carbocycles. The van der Waals surface area contributed by atoms with Crippen molar-refractivity contribution in [1.29, 1.82) is 0 Å². The summed E-state index contributed by atoms with van der Waals surface area (Å²) in [6, 6.07) is 15.4. The normalized spacial score (nSPS) is 21.1. The van der Waals surface area contributed by atoms with Crippen LogP contribution in [0.3, 0.4) is 0 Å². The lowest BCUT2D eigenvalue weighted by atomic mass is 10.0. The number of rotatable bonds is 9. The van der Waals surface area contributed by atoms with Crippen LogP contribution in [0.4, 0.5) is 0 Å². The van der Waals surface area contributed by atoms with Gasteiger partial charge in [-0.05, 0) is 42.5 Å². The zero-order valence-corrected chi connectivity index (χ0v) is 30.5. The summed E-state index contributed by atoms with van der Waals surface area (Å²) in [4.78, 5) is 69.9. The van der Waals surface area contributed by atoms with Gasteiger partial charge in [0, 0.05) is 45.2 Å². The number of carbonyl (C=O) groups excluding carboxylic acids is 5. The number of fused-ring (bicyclic) bond motifs is 2. The van der Waals surface area contributed by atoms with Crippen molar-refractivity contribution in [2.45, 2.75) is 64.8 Å². The quantitative estimate of drug-likeness (QED) is 0.251. The highest BCUT2D eigenvalue weighted by Gasteiger charge is 2.30. The van der Waals surface area contributed by atoms with E-state index in [1.807, 2.05) is 61.2 Å². The van der Waals surface area contributed by atoms with Gasteiger partial charge < -0.3 is 40.2 Å². The Morgan fingerprint density at radius 3 is 2.32 bits per heavy atom. The van der Waals surface area contributed by atoms with Crippen LogP contribution >= 0.6 is 0 Å². The second kappa shape index (κ2) is 19.0. The molecule has 2 bridgehead atoms. The molecule has 0 spiro atoms. The number of nitrogens with one attached hydrogen (secondary N) is 4. The number of hydrogen-bond donors (Lipinski definition) is 4. The van der Waals surface area contributed by atoms with Gasteiger partial charge in [-0.1, -0.05) is 61.5 Å². The minimum absolute atomic E-state index is 0.00220. The zero-order valence-electron chi connectivity index (χ0n) is 30.5. The number of hydrogen-bond acceptors (Lipinski definition) is 10. The van der Waals surface area contributed by atoms with Crippen LogP contribution < -0.4 is 26.0 Å². The van der Waals surface area contributed by atoms with Crippen LogP contribution in [-0.2, 0) is 43.4 Å². The first-order valence-corrected chi connectivity index (χ1v) is 18.0. The highest BCUT2D eigenvalue weighted by atomic mass is 16.5. The Bertz CT molecular complexity index is 1690. The van der Waals surface area contributed by atoms with Crippen LogP contribution in [0.2, 0.25) is 0 Å². The molecule has 15 nitrogen and oxygen atoms in total. The maximum Gasteiger partial charge on any atom is 0.274 e. The van der Waals surface area contributed by atoms with Crippen LogP contribution in [0.25, 0.3) is 0 Å². The molecule has 284 valence electrons. The Kier molecular flexibility index (Phi) is 13.9. The Morgan fingerprint density at radius 2 is 1.60 bits per heavy atom. The molecule has 2 aromatic carbocycles. The van der Waals surface area contributed by atoms with Crippen LogP contribution in [0.1, 0.15) is 54.6 Å². The van der Waals surface area contributed by atoms with E-state index in [9.17, 15) is 24.0 Å². The SMILES string of the molecule is CC(C)C[C@H]1NC(=O)[C@@H](C)NC(=O)c2cc(on2)CN(Cc2ccc(OCC(=O)N3CCOCC3)cc2)CCNC(=O)[C@@H](Cc2ccccc2)NC1=O. The molecule has 5 amide bonds. The summed E-state index contributed by atoms with van der Waals surface area (Å²) < 4.78 is 16.6. The van der Waals surface area contributed by atoms with Crippen molar-refractivity contribution in [3.63, 3.8) is 0 Å². The number of benzene rings is 2. The van der Waals surface area contributed by atoms with E-state index in [0.29, 0.717) is 57.3 Å². The minimum Gasteiger partial charge on any atom is -0.484 e. The van der Waals surface area contributed by atoms with Gasteiger partial charge in [0.05, 0.1) is 19.8 Å². The number of aromatic nitrogens is 1. The summed E-state index contributed by atoms with van der Waals surface area (Å²) in [5.74, 6) is -1.11. The number of carbonyl (C=O) groups is 5. The summed E-state index contributed by atoms with van der Waals surface area (Å²) in [5, 5.41) is 15.2. The lowest BCUT2D eigenvalue weighted by molar-refractivity contribution is -0.137. The van der Waals surface area contributed by atoms with Gasteiger partial charge >= 0.3 is 0 Å². The van der Waals surface area contributed by atoms with Gasteiger partial charge in [-0.3, -0.25) is 28.9 Å². The van der Waals surface area contributed by atoms with E-state index < -0.39 is 35.8 Å². The lowest BCUT2D eigenvalue weighted by Gasteiger charge is -2.26. The molecule has 53 heavy (non-hydrogen) atoms. The molecule has 2 aliphatic rings. The van der Waals surface area contributed by atoms with Crippen molar-refractivity contribution in [2.24, 2.45) is 5.92 Å². The predicted molar refractivity (Wildman–Crippen MR) is 193 cm³/mol. The molecule has 0 aliphatic carbocycles. The average molecular weight is 732 g/mol. The molecule has 4 N–H and O–H groups in total. The van der Waals surface area contributed by atoms with E-state index in [1.54, 1.807) is 17.0 Å². The lowest BCUT2D eigenvalue weighted by Crippen LogP contribution is -2.57. The van der Waals surface area contributed by atoms with Gasteiger partial charge in [0.2, 0.25) is 17.7 Å². The number of ether oxygens (including phenoxy) is 2. The van der Waals surface area contributed by atoms with Gasteiger partial charge in [0.15, 0.2) is 18.1 Å². The Hall–Kier alpha value is -5.28. The summed E-state index contributed by atoms with van der Waals surface area (Å²) in [5.41, 5.74) is 1.78. The second-order valence-electron chi connectivity index (χ2n) is 13.7. The van der Waals surface area contributed by atoms with E-state index in [2.05, 4.69) is 26.4 Å². The number of nitrogens with zero attached hydrogens (tertiary/aromatic N) is 3. The minimum atomic E-state index is -0.992. The van der Waals surface area contributed by atoms with Crippen LogP contribution in [0, 0.1) is 5.92 Å². The largest absolute Gasteiger partial charge is 0.484 e. The average Bonchev–Trinajstić information content (AvgIpc) is 3.62. The van der Waals surface area contributed by atoms with E-state index in [-0.39, 0.29) is 49.5 Å². The van der Waals surface area contributed by atoms with Crippen molar-refractivity contribution < 1.29 is 38.0 Å². The molecular weight excluding hydrogens is 682 g/mol. The van der Waals surface area contributed by atoms with Gasteiger partial charge in [0.25, 0.3) is 11.8 Å². The molecule has 5 rings (SSSR count). The van der Waals surface area contributed by atoms with Crippen LogP contribution in [0.5, 0.6) is 5.75 Å². The fraction of sp³-hybridized carbons (Fsp3) is 0.474. The van der Waals surface area contributed by atoms with Gasteiger partial charge in [0.1, 0.15) is 23.9 Å². The van der Waals surface area contributed by atoms with Crippen molar-refractivity contribution in [3.8, 4) is 5.75 Å². The van der Waals surface area contributed by atoms with E-state index >= 15 is 0 Å². The highest BCUT2D eigenvalue weighted by Crippen LogP contribution is 2.17. The Balaban J connectivity index is 1.32. The standard InChI is InChI=1S/C38H49N7O8/c1-25(2)19-31-37(49)42-32(20-27-7-5-4-6-8-27)36(48)39-13-14-44(23-30-21-33(43-53-30)38(50)40-26(3)35(47)41-31)22-28-9-11-29(12-10-28)52-24-34(46)45-15-17-51-18-16-45/h4-12,21,25-26,31-32H,13-20,22-24H2,1-3H3,(H,39,48)(H,40,50)(H,41,47)(H,42,49)/t26-,31-,32-/m1/s1. The van der Waals surface area contributed by atoms with Crippen molar-refractivity contribution in [2.75, 3.05) is 46.0 Å². The molecule has 1 saturated heterocycles. The molecule has 1 fully saturated rings. The van der Waals surface area contributed by atoms with E-state index in [1.165, 1.54) is 13.0 Å². The highest BCUT2D eigenvalue weighted by molar-refractivity contribution is 5.97. The summed E-state index contributed by atoms with van der Waals surface area (Å²) in [7, 11) is 0. The third kappa shape index (κ3) is 11.9. The van der Waals surface area contributed by atoms with E-state index in [4.69, 9.17) is 14.0 Å². The van der Waals surface area contributed by atoms with Crippen LogP contribution in [0.15, 0.2) is 65.2 Å². The van der Waals surface area contributed by atoms with Crippen LogP contribution in [-0.4, -0.2) is 109 Å². The Labute approximate surface area is 309 Å². The molecule has 3 atom stereocenters. The first-order valence-electron chi connectivity index (χ1n) is 18.0. The predicted octanol–water partition coefficient (Wildman–Crippen LogP) is 1.42. The van der Waals surface area contributed by atoms with Crippen molar-refractivity contribution in [1.82, 2.24) is 36.2 Å². The topological polar surface area (TPSA) is 184 Å². The Morgan fingerprint density at radius 1 is 0.887 bits per heavy atom. The maximum atomic E-state index is 13.7. The fourth-order valence-electron chi connectivity index (χ4n) is 6.05. The first kappa shape index (κ1) is 38.9. The summed E-state index contributed by atoms with van der Waals surface area (Å²) >= 11 is 0. The van der Waals surface area contributed by atoms with E-state index in [0.717, 1.165) is 11.1 Å². The monoisotopic (exact) mass is 731 g/mol. The molecule has 0 unspecified atom stereocenters. The molecule has 3 aromatic rings. The molecule has 0 radical (unpaired) electrons. The third-order valence-electron chi connectivity index (χ3n) is 8.95. The molecule has 15 heteroatoms. The number of amides is 5. The van der Waals surface area contributed by atoms with Gasteiger partial charge in [-0.15, -0.1) is 0 Å². The summed E-state index contributed by atoms with van der Waals surface area (Å²) in [6.45, 7) is 8.73. The van der Waals surface area contributed by atoms with Gasteiger partial charge in [-0.2, -0.15) is 0 Å². The first-order chi connectivity index (χ1) is 25.5. The van der Waals surface area contributed by atoms with Crippen molar-refractivity contribution >= 4 is 29.5 Å². The molecular formula is C38H49N7O8. The smallest absolute Gasteiger partial charge is 0.274 e. The van der Waals surface area contributed by atoms with Gasteiger partial charge in [-0.25, -0.2) is 0 Å².